The Balaban J connectivity index is 2.71. The van der Waals surface area contributed by atoms with E-state index < -0.39 is 17.7 Å². The van der Waals surface area contributed by atoms with Gasteiger partial charge in [0.15, 0.2) is 11.6 Å². The van der Waals surface area contributed by atoms with Crippen molar-refractivity contribution in [1.82, 2.24) is 4.90 Å². The highest BCUT2D eigenvalue weighted by Gasteiger charge is 2.16. The zero-order valence-electron chi connectivity index (χ0n) is 9.91. The lowest BCUT2D eigenvalue weighted by Crippen LogP contribution is -2.40. The molecule has 0 saturated carbocycles. The molecule has 1 aromatic rings. The molecular weight excluding hydrogens is 226 g/mol. The molecule has 0 aliphatic heterocycles. The van der Waals surface area contributed by atoms with Gasteiger partial charge in [-0.2, -0.15) is 0 Å². The van der Waals surface area contributed by atoms with Gasteiger partial charge in [0.1, 0.15) is 0 Å². The molecule has 0 saturated heterocycles. The normalized spacial score (nSPS) is 12.3. The van der Waals surface area contributed by atoms with E-state index in [2.05, 4.69) is 0 Å². The molecule has 0 radical (unpaired) electrons. The number of hydrogen-bond acceptors (Lipinski definition) is 2. The summed E-state index contributed by atoms with van der Waals surface area (Å²) < 4.78 is 25.7. The predicted octanol–water partition coefficient (Wildman–Crippen LogP) is 1.66. The number of nitrogens with zero attached hydrogens (tertiary/aromatic N) is 1. The van der Waals surface area contributed by atoms with Crippen LogP contribution in [0.15, 0.2) is 18.2 Å². The van der Waals surface area contributed by atoms with Crippen LogP contribution < -0.4 is 5.73 Å². The van der Waals surface area contributed by atoms with Gasteiger partial charge in [-0.25, -0.2) is 8.78 Å². The monoisotopic (exact) mass is 242 g/mol. The Morgan fingerprint density at radius 3 is 2.59 bits per heavy atom. The lowest BCUT2D eigenvalue weighted by atomic mass is 10.1. The Morgan fingerprint density at radius 2 is 2.06 bits per heavy atom. The molecule has 0 fully saturated rings. The molecule has 0 heterocycles. The third-order valence-electron chi connectivity index (χ3n) is 2.54. The summed E-state index contributed by atoms with van der Waals surface area (Å²) in [5.74, 6) is -2.02. The molecule has 1 amide bonds. The fraction of sp³-hybridized carbons (Fsp3) is 0.417. The van der Waals surface area contributed by atoms with E-state index in [9.17, 15) is 13.6 Å². The first kappa shape index (κ1) is 13.6. The van der Waals surface area contributed by atoms with Crippen LogP contribution in [0, 0.1) is 11.6 Å². The second-order valence-corrected chi connectivity index (χ2v) is 3.96. The first-order valence-electron chi connectivity index (χ1n) is 5.40. The SMILES string of the molecule is CC[C@H](N)C(=O)N(C)Cc1ccc(F)c(F)c1. The van der Waals surface area contributed by atoms with E-state index in [1.165, 1.54) is 11.0 Å². The van der Waals surface area contributed by atoms with Gasteiger partial charge in [0, 0.05) is 13.6 Å². The quantitative estimate of drug-likeness (QED) is 0.872. The molecule has 1 aromatic carbocycles. The Morgan fingerprint density at radius 1 is 1.41 bits per heavy atom. The number of nitrogens with two attached hydrogens (primary N) is 1. The summed E-state index contributed by atoms with van der Waals surface area (Å²) in [4.78, 5) is 13.1. The highest BCUT2D eigenvalue weighted by molar-refractivity contribution is 5.81. The van der Waals surface area contributed by atoms with Gasteiger partial charge in [0.05, 0.1) is 6.04 Å². The minimum absolute atomic E-state index is 0.211. The van der Waals surface area contributed by atoms with Gasteiger partial charge in [-0.05, 0) is 24.1 Å². The standard InChI is InChI=1S/C12H16F2N2O/c1-3-11(15)12(17)16(2)7-8-4-5-9(13)10(14)6-8/h4-6,11H,3,7,15H2,1-2H3/t11-/m0/s1. The van der Waals surface area contributed by atoms with E-state index in [-0.39, 0.29) is 12.5 Å². The van der Waals surface area contributed by atoms with E-state index in [1.807, 2.05) is 6.92 Å². The van der Waals surface area contributed by atoms with Crippen LogP contribution in [-0.4, -0.2) is 23.9 Å². The van der Waals surface area contributed by atoms with Crippen LogP contribution in [0.3, 0.4) is 0 Å². The van der Waals surface area contributed by atoms with Gasteiger partial charge in [-0.3, -0.25) is 4.79 Å². The first-order chi connectivity index (χ1) is 7.95. The largest absolute Gasteiger partial charge is 0.340 e. The molecule has 0 spiro atoms. The molecule has 94 valence electrons. The first-order valence-corrected chi connectivity index (χ1v) is 5.40. The van der Waals surface area contributed by atoms with Crippen LogP contribution in [0.1, 0.15) is 18.9 Å². The highest BCUT2D eigenvalue weighted by atomic mass is 19.2. The van der Waals surface area contributed by atoms with Gasteiger partial charge < -0.3 is 10.6 Å². The third-order valence-corrected chi connectivity index (χ3v) is 2.54. The molecule has 2 N–H and O–H groups in total. The molecule has 0 aliphatic carbocycles. The maximum atomic E-state index is 13.0. The molecule has 0 aromatic heterocycles. The Bertz CT molecular complexity index is 409. The molecule has 17 heavy (non-hydrogen) atoms. The van der Waals surface area contributed by atoms with E-state index in [0.29, 0.717) is 12.0 Å². The number of benzene rings is 1. The van der Waals surface area contributed by atoms with E-state index in [1.54, 1.807) is 7.05 Å². The van der Waals surface area contributed by atoms with E-state index >= 15 is 0 Å². The number of rotatable bonds is 4. The van der Waals surface area contributed by atoms with Gasteiger partial charge >= 0.3 is 0 Å². The third kappa shape index (κ3) is 3.49. The summed E-state index contributed by atoms with van der Waals surface area (Å²) in [6.45, 7) is 2.03. The van der Waals surface area contributed by atoms with Crippen LogP contribution in [0.2, 0.25) is 0 Å². The molecular formula is C12H16F2N2O. The van der Waals surface area contributed by atoms with Crippen molar-refractivity contribution in [3.8, 4) is 0 Å². The van der Waals surface area contributed by atoms with E-state index in [0.717, 1.165) is 12.1 Å². The van der Waals surface area contributed by atoms with Gasteiger partial charge in [-0.1, -0.05) is 13.0 Å². The summed E-state index contributed by atoms with van der Waals surface area (Å²) in [7, 11) is 1.58. The average Bonchev–Trinajstić information content (AvgIpc) is 2.31. The van der Waals surface area contributed by atoms with Crippen molar-refractivity contribution in [1.29, 1.82) is 0 Å². The smallest absolute Gasteiger partial charge is 0.239 e. The van der Waals surface area contributed by atoms with Crippen molar-refractivity contribution < 1.29 is 13.6 Å². The number of carbonyl (C=O) groups is 1. The van der Waals surface area contributed by atoms with Crippen LogP contribution in [-0.2, 0) is 11.3 Å². The lowest BCUT2D eigenvalue weighted by Gasteiger charge is -2.20. The summed E-state index contributed by atoms with van der Waals surface area (Å²) in [5.41, 5.74) is 6.13. The second kappa shape index (κ2) is 5.72. The predicted molar refractivity (Wildman–Crippen MR) is 61.1 cm³/mol. The summed E-state index contributed by atoms with van der Waals surface area (Å²) in [6.07, 6.45) is 0.543. The maximum absolute atomic E-state index is 13.0. The lowest BCUT2D eigenvalue weighted by molar-refractivity contribution is -0.131. The molecule has 0 aliphatic rings. The van der Waals surface area contributed by atoms with Gasteiger partial charge in [-0.15, -0.1) is 0 Å². The van der Waals surface area contributed by atoms with Crippen LogP contribution >= 0.6 is 0 Å². The van der Waals surface area contributed by atoms with Crippen molar-refractivity contribution in [2.75, 3.05) is 7.05 Å². The maximum Gasteiger partial charge on any atom is 0.239 e. The fourth-order valence-corrected chi connectivity index (χ4v) is 1.45. The minimum atomic E-state index is -0.914. The van der Waals surface area contributed by atoms with Crippen molar-refractivity contribution in [3.63, 3.8) is 0 Å². The molecule has 0 bridgehead atoms. The zero-order valence-corrected chi connectivity index (χ0v) is 9.91. The van der Waals surface area contributed by atoms with Gasteiger partial charge in [0.2, 0.25) is 5.91 Å². The number of likely N-dealkylation sites (N-methyl/N-ethyl adjacent to an activating group) is 1. The Hall–Kier alpha value is -1.49. The van der Waals surface area contributed by atoms with Crippen molar-refractivity contribution >= 4 is 5.91 Å². The highest BCUT2D eigenvalue weighted by Crippen LogP contribution is 2.11. The molecule has 5 heteroatoms. The number of amides is 1. The Kier molecular flexibility index (Phi) is 4.57. The zero-order chi connectivity index (χ0) is 13.0. The minimum Gasteiger partial charge on any atom is -0.340 e. The van der Waals surface area contributed by atoms with Crippen molar-refractivity contribution in [2.24, 2.45) is 5.73 Å². The number of carbonyl (C=O) groups excluding carboxylic acids is 1. The molecule has 1 rings (SSSR count). The summed E-state index contributed by atoms with van der Waals surface area (Å²) in [5, 5.41) is 0. The second-order valence-electron chi connectivity index (χ2n) is 3.96. The number of hydrogen-bond donors (Lipinski definition) is 1. The summed E-state index contributed by atoms with van der Waals surface area (Å²) >= 11 is 0. The fourth-order valence-electron chi connectivity index (χ4n) is 1.45. The van der Waals surface area contributed by atoms with Crippen molar-refractivity contribution in [3.05, 3.63) is 35.4 Å². The van der Waals surface area contributed by atoms with E-state index in [4.69, 9.17) is 5.73 Å². The van der Waals surface area contributed by atoms with Crippen molar-refractivity contribution in [2.45, 2.75) is 25.9 Å². The Labute approximate surface area is 99.2 Å². The molecule has 0 unspecified atom stereocenters. The van der Waals surface area contributed by atoms with Crippen LogP contribution in [0.25, 0.3) is 0 Å². The number of halogens is 2. The molecule has 1 atom stereocenters. The van der Waals surface area contributed by atoms with Crippen LogP contribution in [0.5, 0.6) is 0 Å². The topological polar surface area (TPSA) is 46.3 Å². The average molecular weight is 242 g/mol. The van der Waals surface area contributed by atoms with Crippen LogP contribution in [0.4, 0.5) is 8.78 Å². The summed E-state index contributed by atoms with van der Waals surface area (Å²) in [6, 6.07) is 3.02. The molecule has 3 nitrogen and oxygen atoms in total. The van der Waals surface area contributed by atoms with Gasteiger partial charge in [0.25, 0.3) is 0 Å².